The van der Waals surface area contributed by atoms with Gasteiger partial charge in [0.15, 0.2) is 17.5 Å². The van der Waals surface area contributed by atoms with Crippen LogP contribution in [0.15, 0.2) is 115 Å². The molecule has 7 aromatic heterocycles. The first kappa shape index (κ1) is 113. The zero-order valence-electron chi connectivity index (χ0n) is 71.5. The maximum absolute atomic E-state index is 13.1. The van der Waals surface area contributed by atoms with Crippen molar-refractivity contribution >= 4 is 92.4 Å². The first-order valence-electron chi connectivity index (χ1n) is 38.1. The van der Waals surface area contributed by atoms with Crippen molar-refractivity contribution in [2.45, 2.75) is 241 Å². The normalized spacial score (nSPS) is 11.9. The van der Waals surface area contributed by atoms with Crippen molar-refractivity contribution in [2.24, 2.45) is 0 Å². The molecule has 0 unspecified atom stereocenters. The Labute approximate surface area is 689 Å². The van der Waals surface area contributed by atoms with Crippen LogP contribution in [0.1, 0.15) is 211 Å². The number of aryl methyl sites for hydroxylation is 1. The van der Waals surface area contributed by atoms with E-state index in [1.54, 1.807) is 53.8 Å². The second-order valence-corrected chi connectivity index (χ2v) is 25.2. The van der Waals surface area contributed by atoms with Crippen molar-refractivity contribution in [1.82, 2.24) is 34.9 Å². The van der Waals surface area contributed by atoms with Crippen molar-refractivity contribution < 1.29 is 91.0 Å². The minimum atomic E-state index is -5.74. The fraction of sp³-hybridized carbons (Fsp3) is 0.469. The summed E-state index contributed by atoms with van der Waals surface area (Å²) in [6.07, 6.45) is 12.8. The molecular formula is C81H119ClF7N13O14S. The maximum atomic E-state index is 13.1. The van der Waals surface area contributed by atoms with Crippen molar-refractivity contribution in [3.05, 3.63) is 183 Å². The number of nitrogens with one attached hydrogen (secondary N) is 7. The Balaban J connectivity index is -0.000000615. The number of carbonyl (C=O) groups excluding carboxylic acids is 6. The lowest BCUT2D eigenvalue weighted by Gasteiger charge is -2.19. The molecule has 7 N–H and O–H groups in total. The first-order chi connectivity index (χ1) is 55.3. The number of rotatable bonds is 9. The van der Waals surface area contributed by atoms with E-state index < -0.39 is 56.4 Å². The smallest absolute Gasteiger partial charge is 0.444 e. The number of pyridine rings is 7. The van der Waals surface area contributed by atoms with Gasteiger partial charge in [-0.3, -0.25) is 34.6 Å². The summed E-state index contributed by atoms with van der Waals surface area (Å²) in [5.74, 6) is -0.452. The Bertz CT molecular complexity index is 4180. The third-order valence-electron chi connectivity index (χ3n) is 12.9. The zero-order valence-corrected chi connectivity index (χ0v) is 73.1. The Kier molecular flexibility index (Phi) is 59.6. The molecule has 0 saturated carbocycles. The second kappa shape index (κ2) is 61.8. The minimum absolute atomic E-state index is 0.00567. The number of hydrogen-bond donors (Lipinski definition) is 7. The summed E-state index contributed by atoms with van der Waals surface area (Å²) in [5.41, 5.74) is -2.72. The summed E-state index contributed by atoms with van der Waals surface area (Å²) in [6.45, 7) is 50.8. The second-order valence-electron chi connectivity index (χ2n) is 23.3. The SMILES string of the molecule is C=CC(OCC)OCC.CC.CC.CC.CC.CC.CC.CC.CC(C)(C)OC(=O)Nc1cc(F)ccn1.Cc1c(F)ccnc1NC(=O)OC(C)(C)C.Cc1ccnc2c1CCC(=O)N2.Fc1ccnc(Cl)c1.O=C1CCc2c(F)ccnc2N1.O=C1CCc2c(OS(=O)(=O)C(F)(F)F)ccnc2N1.O=C1CCc2c([nH]ccc2=O)N1. The van der Waals surface area contributed by atoms with Crippen molar-refractivity contribution in [3.8, 4) is 5.75 Å². The van der Waals surface area contributed by atoms with E-state index in [1.807, 2.05) is 124 Å². The molecule has 36 heteroatoms. The Morgan fingerprint density at radius 1 is 0.521 bits per heavy atom. The number of nitrogens with zero attached hydrogens (tertiary/aromatic N) is 6. The summed E-state index contributed by atoms with van der Waals surface area (Å²) < 4.78 is 134. The number of fused-ring (bicyclic) bond motifs is 4. The monoisotopic (exact) mass is 1700 g/mol. The predicted octanol–water partition coefficient (Wildman–Crippen LogP) is 19.9. The van der Waals surface area contributed by atoms with Gasteiger partial charge in [0.05, 0.1) is 0 Å². The van der Waals surface area contributed by atoms with Gasteiger partial charge in [-0.15, -0.1) is 0 Å². The van der Waals surface area contributed by atoms with Gasteiger partial charge in [-0.2, -0.15) is 21.6 Å². The van der Waals surface area contributed by atoms with Gasteiger partial charge in [-0.05, 0) is 142 Å². The van der Waals surface area contributed by atoms with Gasteiger partial charge in [-0.1, -0.05) is 115 Å². The molecule has 0 radical (unpaired) electrons. The number of anilines is 6. The van der Waals surface area contributed by atoms with Crippen LogP contribution in [0.25, 0.3) is 0 Å². The molecule has 0 aromatic carbocycles. The van der Waals surface area contributed by atoms with Crippen molar-refractivity contribution in [3.63, 3.8) is 0 Å². The fourth-order valence-electron chi connectivity index (χ4n) is 8.32. The summed E-state index contributed by atoms with van der Waals surface area (Å²) in [5, 5.41) is 15.1. The van der Waals surface area contributed by atoms with Crippen LogP contribution < -0.4 is 41.5 Å². The number of alkyl halides is 3. The molecular weight excluding hydrogens is 1580 g/mol. The van der Waals surface area contributed by atoms with E-state index in [4.69, 9.17) is 30.5 Å². The lowest BCUT2D eigenvalue weighted by atomic mass is 10.0. The lowest BCUT2D eigenvalue weighted by molar-refractivity contribution is -0.117. The number of aromatic amines is 1. The molecule has 654 valence electrons. The molecule has 6 amide bonds. The van der Waals surface area contributed by atoms with Gasteiger partial charge in [0, 0.05) is 129 Å². The highest BCUT2D eigenvalue weighted by Crippen LogP contribution is 2.34. The molecule has 4 aliphatic rings. The van der Waals surface area contributed by atoms with Gasteiger partial charge in [-0.25, -0.2) is 57.1 Å². The number of H-pyrrole nitrogens is 1. The topological polar surface area (TPSA) is 365 Å². The number of ether oxygens (including phenoxy) is 4. The molecule has 7 aromatic rings. The van der Waals surface area contributed by atoms with Gasteiger partial charge in [0.2, 0.25) is 23.6 Å². The van der Waals surface area contributed by atoms with E-state index in [-0.39, 0.29) is 93.6 Å². The predicted molar refractivity (Wildman–Crippen MR) is 447 cm³/mol. The average molecular weight is 1700 g/mol. The highest BCUT2D eigenvalue weighted by atomic mass is 35.5. The van der Waals surface area contributed by atoms with Crippen LogP contribution in [0.2, 0.25) is 5.15 Å². The summed E-state index contributed by atoms with van der Waals surface area (Å²) in [4.78, 5) is 103. The number of aromatic nitrogens is 7. The van der Waals surface area contributed by atoms with Gasteiger partial charge in [0.25, 0.3) is 0 Å². The summed E-state index contributed by atoms with van der Waals surface area (Å²) >= 11 is 5.29. The highest BCUT2D eigenvalue weighted by molar-refractivity contribution is 7.88. The van der Waals surface area contributed by atoms with Crippen LogP contribution in [-0.2, 0) is 73.9 Å². The summed E-state index contributed by atoms with van der Waals surface area (Å²) in [7, 11) is -5.74. The Morgan fingerprint density at radius 3 is 1.38 bits per heavy atom. The van der Waals surface area contributed by atoms with E-state index in [0.717, 1.165) is 36.6 Å². The molecule has 0 spiro atoms. The summed E-state index contributed by atoms with van der Waals surface area (Å²) in [6, 6.07) is 11.7. The van der Waals surface area contributed by atoms with Crippen LogP contribution in [0, 0.1) is 37.1 Å². The number of halogens is 8. The quantitative estimate of drug-likeness (QED) is 0.0176. The minimum Gasteiger partial charge on any atom is -0.444 e. The van der Waals surface area contributed by atoms with E-state index in [9.17, 15) is 72.7 Å². The number of amides is 6. The molecule has 11 rings (SSSR count). The molecule has 0 fully saturated rings. The Morgan fingerprint density at radius 2 is 0.923 bits per heavy atom. The third-order valence-corrected chi connectivity index (χ3v) is 14.1. The van der Waals surface area contributed by atoms with Crippen LogP contribution in [0.4, 0.5) is 75.2 Å². The van der Waals surface area contributed by atoms with Crippen LogP contribution in [-0.4, -0.2) is 115 Å². The number of carbonyl (C=O) groups is 6. The molecule has 4 aliphatic heterocycles. The molecule has 11 heterocycles. The van der Waals surface area contributed by atoms with Gasteiger partial charge in [0.1, 0.15) is 74.5 Å². The molecule has 117 heavy (non-hydrogen) atoms. The highest BCUT2D eigenvalue weighted by Gasteiger charge is 2.49. The molecule has 0 saturated heterocycles. The molecule has 0 atom stereocenters. The third kappa shape index (κ3) is 46.7. The van der Waals surface area contributed by atoms with Crippen LogP contribution >= 0.6 is 11.6 Å². The Hall–Kier alpha value is -10.5. The van der Waals surface area contributed by atoms with Crippen molar-refractivity contribution in [2.75, 3.05) is 45.1 Å². The molecule has 27 nitrogen and oxygen atoms in total. The van der Waals surface area contributed by atoms with E-state index in [0.29, 0.717) is 68.1 Å². The standard InChI is InChI=1S/C11H15FN2O2.C10H13FN2O2.C9H7F3N2O4S.C9H10N2O.C8H7FN2O.C8H8N2O2.C7H14O2.C5H3ClFN.7C2H6/c1-7-8(12)5-6-13-9(7)14-10(15)16-11(2,3)4;1-10(2,3)15-9(14)13-8-6-7(11)4-5-12-8;10-9(11,12)19(16,17)18-6-3-4-13-8-5(6)1-2-7(15)14-8;1-6-4-5-10-9-7(6)2-3-8(12)11-9;9-6-3-4-10-8-5(6)1-2-7(12)11-8;11-6-3-4-9-8-5(6)1-2-7(12)10-8;1-4-7(8-5-2)9-6-3;6-5-3-4(7)1-2-8-5;7*1-2/h5-6H,1-4H3,(H,13,14,15);4-6H,1-3H3,(H,12,13,14);3-4H,1-2H2,(H,13,14,15);4-5H,2-3H2,1H3,(H,10,11,12);3-4H,1-2H2,(H,10,11,12);3-4H,1-2H2,(H2,9,10,11,12);4,7H,1,5-6H2,2-3H3;1-3H;7*1-2H3. The van der Waals surface area contributed by atoms with Crippen LogP contribution in [0.5, 0.6) is 5.75 Å². The van der Waals surface area contributed by atoms with Gasteiger partial charge < -0.3 is 49.4 Å². The van der Waals surface area contributed by atoms with E-state index in [2.05, 4.69) is 77.6 Å². The average Bonchev–Trinajstić information content (AvgIpc) is 0.792. The zero-order chi connectivity index (χ0) is 90.8. The van der Waals surface area contributed by atoms with E-state index in [1.165, 1.54) is 79.4 Å². The largest absolute Gasteiger partial charge is 0.534 e. The molecule has 0 bridgehead atoms. The van der Waals surface area contributed by atoms with E-state index >= 15 is 0 Å². The van der Waals surface area contributed by atoms with Crippen LogP contribution in [0.3, 0.4) is 0 Å². The number of hydrogen-bond acceptors (Lipinski definition) is 20. The lowest BCUT2D eigenvalue weighted by Crippen LogP contribution is -2.29. The first-order valence-corrected chi connectivity index (χ1v) is 39.9. The maximum Gasteiger partial charge on any atom is 0.534 e. The molecule has 0 aliphatic carbocycles. The van der Waals surface area contributed by atoms with Gasteiger partial charge >= 0.3 is 27.8 Å². The van der Waals surface area contributed by atoms with Crippen molar-refractivity contribution in [1.29, 1.82) is 0 Å². The fourth-order valence-corrected chi connectivity index (χ4v) is 8.96.